The van der Waals surface area contributed by atoms with Crippen LogP contribution in [0.1, 0.15) is 35.9 Å². The fourth-order valence-electron chi connectivity index (χ4n) is 3.29. The van der Waals surface area contributed by atoms with Crippen LogP contribution >= 0.6 is 0 Å². The highest BCUT2D eigenvalue weighted by Crippen LogP contribution is 2.30. The Balaban J connectivity index is 1.84. The minimum Gasteiger partial charge on any atom is -0.497 e. The lowest BCUT2D eigenvalue weighted by atomic mass is 10.00. The number of carbonyl (C=O) groups excluding carboxylic acids is 1. The molecule has 1 amide bonds. The lowest BCUT2D eigenvalue weighted by Crippen LogP contribution is -2.39. The second-order valence-electron chi connectivity index (χ2n) is 6.91. The number of nitrogens with one attached hydrogen (secondary N) is 1. The zero-order valence-corrected chi connectivity index (χ0v) is 16.3. The van der Waals surface area contributed by atoms with E-state index >= 15 is 0 Å². The van der Waals surface area contributed by atoms with Crippen LogP contribution in [-0.2, 0) is 0 Å². The molecule has 2 aromatic rings. The molecule has 1 unspecified atom stereocenters. The Morgan fingerprint density at radius 3 is 2.74 bits per heavy atom. The predicted octanol–water partition coefficient (Wildman–Crippen LogP) is 3.42. The van der Waals surface area contributed by atoms with Gasteiger partial charge in [-0.3, -0.25) is 4.79 Å². The summed E-state index contributed by atoms with van der Waals surface area (Å²) in [7, 11) is 3.19. The maximum atomic E-state index is 12.9. The monoisotopic (exact) mass is 370 g/mol. The van der Waals surface area contributed by atoms with Gasteiger partial charge in [-0.1, -0.05) is 6.92 Å². The van der Waals surface area contributed by atoms with E-state index in [-0.39, 0.29) is 5.91 Å². The summed E-state index contributed by atoms with van der Waals surface area (Å²) in [5.74, 6) is 2.14. The Labute approximate surface area is 159 Å². The summed E-state index contributed by atoms with van der Waals surface area (Å²) in [6.45, 7) is 5.58. The lowest BCUT2D eigenvalue weighted by Gasteiger charge is -2.30. The number of likely N-dealkylation sites (tertiary alicyclic amines) is 1. The molecule has 0 radical (unpaired) electrons. The Kier molecular flexibility index (Phi) is 5.78. The molecule has 144 valence electrons. The fraction of sp³-hybridized carbons (Fsp3) is 0.450. The maximum absolute atomic E-state index is 12.9. The van der Waals surface area contributed by atoms with Crippen molar-refractivity contribution in [3.05, 3.63) is 35.7 Å². The third-order valence-corrected chi connectivity index (χ3v) is 4.67. The number of aryl methyl sites for hydroxylation is 1. The van der Waals surface area contributed by atoms with Gasteiger partial charge in [0.15, 0.2) is 0 Å². The van der Waals surface area contributed by atoms with E-state index in [1.165, 1.54) is 0 Å². The molecule has 0 spiro atoms. The Hall–Kier alpha value is -2.83. The number of nitrogens with zero attached hydrogens (tertiary/aromatic N) is 3. The molecule has 27 heavy (non-hydrogen) atoms. The number of carbonyl (C=O) groups is 1. The van der Waals surface area contributed by atoms with E-state index in [0.29, 0.717) is 34.7 Å². The van der Waals surface area contributed by atoms with Gasteiger partial charge in [0.05, 0.1) is 19.9 Å². The summed E-state index contributed by atoms with van der Waals surface area (Å²) in [5, 5.41) is 3.15. The molecule has 1 fully saturated rings. The number of rotatable bonds is 5. The van der Waals surface area contributed by atoms with Crippen molar-refractivity contribution in [3.63, 3.8) is 0 Å². The first-order chi connectivity index (χ1) is 13.0. The first-order valence-corrected chi connectivity index (χ1v) is 9.14. The quantitative estimate of drug-likeness (QED) is 0.869. The van der Waals surface area contributed by atoms with Gasteiger partial charge in [0, 0.05) is 24.8 Å². The van der Waals surface area contributed by atoms with Gasteiger partial charge in [-0.2, -0.15) is 0 Å². The van der Waals surface area contributed by atoms with Gasteiger partial charge in [0.25, 0.3) is 5.91 Å². The van der Waals surface area contributed by atoms with Gasteiger partial charge >= 0.3 is 0 Å². The van der Waals surface area contributed by atoms with Crippen LogP contribution in [0.5, 0.6) is 11.5 Å². The third-order valence-electron chi connectivity index (χ3n) is 4.67. The number of amides is 1. The topological polar surface area (TPSA) is 76.6 Å². The summed E-state index contributed by atoms with van der Waals surface area (Å²) >= 11 is 0. The predicted molar refractivity (Wildman–Crippen MR) is 104 cm³/mol. The number of methoxy groups -OCH3 is 2. The highest BCUT2D eigenvalue weighted by atomic mass is 16.5. The van der Waals surface area contributed by atoms with Crippen molar-refractivity contribution < 1.29 is 14.3 Å². The van der Waals surface area contributed by atoms with Crippen LogP contribution in [0.3, 0.4) is 0 Å². The SMILES string of the molecule is COc1ccc(Nc2nc(C)cc(C(=O)N3CCCC(C)C3)n2)c(OC)c1. The van der Waals surface area contributed by atoms with Crippen molar-refractivity contribution in [1.82, 2.24) is 14.9 Å². The van der Waals surface area contributed by atoms with E-state index in [4.69, 9.17) is 9.47 Å². The standard InChI is InChI=1S/C20H26N4O3/c1-13-6-5-9-24(12-13)19(25)17-10-14(2)21-20(23-17)22-16-8-7-15(26-3)11-18(16)27-4/h7-8,10-11,13H,5-6,9,12H2,1-4H3,(H,21,22,23). The zero-order chi connectivity index (χ0) is 19.4. The highest BCUT2D eigenvalue weighted by Gasteiger charge is 2.23. The lowest BCUT2D eigenvalue weighted by molar-refractivity contribution is 0.0677. The average molecular weight is 370 g/mol. The second-order valence-corrected chi connectivity index (χ2v) is 6.91. The van der Waals surface area contributed by atoms with Gasteiger partial charge in [0.2, 0.25) is 5.95 Å². The van der Waals surface area contributed by atoms with Crippen LogP contribution in [0.4, 0.5) is 11.6 Å². The van der Waals surface area contributed by atoms with Gasteiger partial charge in [0.1, 0.15) is 17.2 Å². The molecular weight excluding hydrogens is 344 g/mol. The number of anilines is 2. The molecule has 1 N–H and O–H groups in total. The van der Waals surface area contributed by atoms with Crippen LogP contribution in [0, 0.1) is 12.8 Å². The number of hydrogen-bond acceptors (Lipinski definition) is 6. The molecule has 0 saturated carbocycles. The molecule has 1 aliphatic rings. The molecule has 1 aliphatic heterocycles. The van der Waals surface area contributed by atoms with E-state index in [0.717, 1.165) is 31.6 Å². The van der Waals surface area contributed by atoms with Gasteiger partial charge in [-0.05, 0) is 43.9 Å². The van der Waals surface area contributed by atoms with Crippen LogP contribution in [0.15, 0.2) is 24.3 Å². The van der Waals surface area contributed by atoms with Crippen LogP contribution in [0.25, 0.3) is 0 Å². The molecule has 1 saturated heterocycles. The molecule has 7 heteroatoms. The van der Waals surface area contributed by atoms with Crippen molar-refractivity contribution in [1.29, 1.82) is 0 Å². The molecular formula is C20H26N4O3. The van der Waals surface area contributed by atoms with E-state index in [2.05, 4.69) is 22.2 Å². The summed E-state index contributed by atoms with van der Waals surface area (Å²) in [6, 6.07) is 7.16. The van der Waals surface area contributed by atoms with Gasteiger partial charge < -0.3 is 19.7 Å². The summed E-state index contributed by atoms with van der Waals surface area (Å²) in [5.41, 5.74) is 1.84. The summed E-state index contributed by atoms with van der Waals surface area (Å²) in [4.78, 5) is 23.6. The second kappa shape index (κ2) is 8.24. The summed E-state index contributed by atoms with van der Waals surface area (Å²) < 4.78 is 10.6. The van der Waals surface area contributed by atoms with Gasteiger partial charge in [-0.15, -0.1) is 0 Å². The third kappa shape index (κ3) is 4.48. The molecule has 2 heterocycles. The Bertz CT molecular complexity index is 825. The largest absolute Gasteiger partial charge is 0.497 e. The fourth-order valence-corrected chi connectivity index (χ4v) is 3.29. The van der Waals surface area contributed by atoms with Crippen LogP contribution in [-0.4, -0.2) is 48.1 Å². The average Bonchev–Trinajstić information content (AvgIpc) is 2.67. The van der Waals surface area contributed by atoms with Crippen LogP contribution in [0.2, 0.25) is 0 Å². The number of aromatic nitrogens is 2. The van der Waals surface area contributed by atoms with Crippen molar-refractivity contribution in [3.8, 4) is 11.5 Å². The normalized spacial score (nSPS) is 16.7. The molecule has 1 atom stereocenters. The molecule has 0 bridgehead atoms. The van der Waals surface area contributed by atoms with Crippen molar-refractivity contribution in [2.75, 3.05) is 32.6 Å². The minimum absolute atomic E-state index is 0.0446. The van der Waals surface area contributed by atoms with Crippen molar-refractivity contribution >= 4 is 17.5 Å². The Morgan fingerprint density at radius 2 is 2.04 bits per heavy atom. The highest BCUT2D eigenvalue weighted by molar-refractivity contribution is 5.92. The van der Waals surface area contributed by atoms with E-state index in [1.807, 2.05) is 24.0 Å². The van der Waals surface area contributed by atoms with E-state index < -0.39 is 0 Å². The first-order valence-electron chi connectivity index (χ1n) is 9.14. The molecule has 0 aliphatic carbocycles. The maximum Gasteiger partial charge on any atom is 0.272 e. The number of benzene rings is 1. The number of ether oxygens (including phenoxy) is 2. The first kappa shape index (κ1) is 18.9. The minimum atomic E-state index is -0.0446. The van der Waals surface area contributed by atoms with Gasteiger partial charge in [-0.25, -0.2) is 9.97 Å². The molecule has 3 rings (SSSR count). The summed E-state index contributed by atoms with van der Waals surface area (Å²) in [6.07, 6.45) is 2.20. The van der Waals surface area contributed by atoms with Crippen LogP contribution < -0.4 is 14.8 Å². The Morgan fingerprint density at radius 1 is 1.22 bits per heavy atom. The van der Waals surface area contributed by atoms with E-state index in [9.17, 15) is 4.79 Å². The van der Waals surface area contributed by atoms with Crippen molar-refractivity contribution in [2.24, 2.45) is 5.92 Å². The van der Waals surface area contributed by atoms with E-state index in [1.54, 1.807) is 26.4 Å². The number of hydrogen-bond donors (Lipinski definition) is 1. The molecule has 1 aromatic carbocycles. The molecule has 7 nitrogen and oxygen atoms in total. The van der Waals surface area contributed by atoms with Crippen molar-refractivity contribution in [2.45, 2.75) is 26.7 Å². The zero-order valence-electron chi connectivity index (χ0n) is 16.3. The molecule has 1 aromatic heterocycles. The smallest absolute Gasteiger partial charge is 0.272 e. The number of piperidine rings is 1.